The van der Waals surface area contributed by atoms with E-state index in [1.807, 2.05) is 6.07 Å². The summed E-state index contributed by atoms with van der Waals surface area (Å²) in [5.41, 5.74) is 0.494. The number of hydrogen-bond acceptors (Lipinski definition) is 4. The summed E-state index contributed by atoms with van der Waals surface area (Å²) in [5, 5.41) is 9.69. The number of nitriles is 1. The highest BCUT2D eigenvalue weighted by Gasteiger charge is 2.13. The molecule has 5 heteroatoms. The number of esters is 1. The van der Waals surface area contributed by atoms with Gasteiger partial charge in [0.15, 0.2) is 0 Å². The lowest BCUT2D eigenvalue weighted by molar-refractivity contribution is -0.129. The Hall–Kier alpha value is -2.77. The highest BCUT2D eigenvalue weighted by molar-refractivity contribution is 6.30. The number of hydrogen-bond donors (Lipinski definition) is 0. The lowest BCUT2D eigenvalue weighted by Crippen LogP contribution is -2.10. The van der Waals surface area contributed by atoms with Crippen LogP contribution in [0.25, 0.3) is 6.08 Å². The predicted molar refractivity (Wildman–Crippen MR) is 83.7 cm³/mol. The van der Waals surface area contributed by atoms with E-state index in [1.165, 1.54) is 13.2 Å². The van der Waals surface area contributed by atoms with Gasteiger partial charge >= 0.3 is 5.97 Å². The SMILES string of the molecule is COc1ccccc1/C=C(\C#N)C(=O)Oc1ccc(Cl)cc1. The van der Waals surface area contributed by atoms with Gasteiger partial charge in [0.25, 0.3) is 0 Å². The van der Waals surface area contributed by atoms with Gasteiger partial charge in [0.1, 0.15) is 23.1 Å². The van der Waals surface area contributed by atoms with Gasteiger partial charge in [-0.1, -0.05) is 29.8 Å². The van der Waals surface area contributed by atoms with E-state index in [1.54, 1.807) is 48.5 Å². The van der Waals surface area contributed by atoms with Gasteiger partial charge in [0.05, 0.1) is 7.11 Å². The van der Waals surface area contributed by atoms with Crippen LogP contribution in [0.2, 0.25) is 5.02 Å². The second-order valence-electron chi connectivity index (χ2n) is 4.26. The predicted octanol–water partition coefficient (Wildman–Crippen LogP) is 3.86. The van der Waals surface area contributed by atoms with Crippen LogP contribution in [0.5, 0.6) is 11.5 Å². The van der Waals surface area contributed by atoms with Gasteiger partial charge in [-0.2, -0.15) is 5.26 Å². The normalized spacial score (nSPS) is 10.7. The minimum atomic E-state index is -0.740. The maximum atomic E-state index is 12.0. The summed E-state index contributed by atoms with van der Waals surface area (Å²) in [6.07, 6.45) is 1.43. The van der Waals surface area contributed by atoms with Gasteiger partial charge in [-0.15, -0.1) is 0 Å². The fourth-order valence-electron chi connectivity index (χ4n) is 1.74. The number of halogens is 1. The van der Waals surface area contributed by atoms with E-state index in [4.69, 9.17) is 26.3 Å². The quantitative estimate of drug-likeness (QED) is 0.372. The molecule has 0 aromatic heterocycles. The minimum absolute atomic E-state index is 0.126. The average molecular weight is 314 g/mol. The van der Waals surface area contributed by atoms with E-state index in [2.05, 4.69) is 0 Å². The van der Waals surface area contributed by atoms with Crippen LogP contribution in [0.15, 0.2) is 54.1 Å². The van der Waals surface area contributed by atoms with Crippen molar-refractivity contribution in [2.75, 3.05) is 7.11 Å². The first-order valence-corrected chi connectivity index (χ1v) is 6.74. The Morgan fingerprint density at radius 3 is 2.50 bits per heavy atom. The fraction of sp³-hybridized carbons (Fsp3) is 0.0588. The number of benzene rings is 2. The summed E-state index contributed by atoms with van der Waals surface area (Å²) in [6.45, 7) is 0. The highest BCUT2D eigenvalue weighted by atomic mass is 35.5. The van der Waals surface area contributed by atoms with Crippen molar-refractivity contribution < 1.29 is 14.3 Å². The van der Waals surface area contributed by atoms with Gasteiger partial charge in [-0.25, -0.2) is 4.79 Å². The molecule has 0 saturated heterocycles. The third-order valence-electron chi connectivity index (χ3n) is 2.80. The summed E-state index contributed by atoms with van der Waals surface area (Å²) in [6, 6.07) is 15.2. The molecular formula is C17H12ClNO3. The Morgan fingerprint density at radius 1 is 1.18 bits per heavy atom. The zero-order valence-corrected chi connectivity index (χ0v) is 12.5. The van der Waals surface area contributed by atoms with Crippen LogP contribution in [0.3, 0.4) is 0 Å². The lowest BCUT2D eigenvalue weighted by Gasteiger charge is -2.06. The lowest BCUT2D eigenvalue weighted by atomic mass is 10.1. The topological polar surface area (TPSA) is 59.3 Å². The van der Waals surface area contributed by atoms with Crippen LogP contribution in [0.1, 0.15) is 5.56 Å². The molecule has 0 spiro atoms. The second-order valence-corrected chi connectivity index (χ2v) is 4.69. The van der Waals surface area contributed by atoms with Gasteiger partial charge in [-0.3, -0.25) is 0 Å². The van der Waals surface area contributed by atoms with Crippen LogP contribution in [-0.4, -0.2) is 13.1 Å². The van der Waals surface area contributed by atoms with E-state index in [0.717, 1.165) is 0 Å². The minimum Gasteiger partial charge on any atom is -0.496 e. The van der Waals surface area contributed by atoms with Crippen LogP contribution < -0.4 is 9.47 Å². The van der Waals surface area contributed by atoms with Crippen LogP contribution in [-0.2, 0) is 4.79 Å². The Labute approximate surface area is 133 Å². The number of para-hydroxylation sites is 1. The van der Waals surface area contributed by atoms with E-state index < -0.39 is 5.97 Å². The molecule has 0 amide bonds. The summed E-state index contributed by atoms with van der Waals surface area (Å²) in [7, 11) is 1.52. The number of ether oxygens (including phenoxy) is 2. The van der Waals surface area contributed by atoms with Gasteiger partial charge in [0, 0.05) is 10.6 Å². The standard InChI is InChI=1S/C17H12ClNO3/c1-21-16-5-3-2-4-12(16)10-13(11-19)17(20)22-15-8-6-14(18)7-9-15/h2-10H,1H3/b13-10+. The molecule has 2 aromatic rings. The largest absolute Gasteiger partial charge is 0.496 e. The molecule has 0 saturated carbocycles. The number of methoxy groups -OCH3 is 1. The van der Waals surface area contributed by atoms with Crippen molar-refractivity contribution in [3.63, 3.8) is 0 Å². The molecule has 0 radical (unpaired) electrons. The van der Waals surface area contributed by atoms with Crippen molar-refractivity contribution in [2.24, 2.45) is 0 Å². The zero-order chi connectivity index (χ0) is 15.9. The van der Waals surface area contributed by atoms with Crippen molar-refractivity contribution in [2.45, 2.75) is 0 Å². The molecule has 0 aliphatic heterocycles. The Bertz CT molecular complexity index is 745. The Kier molecular flexibility index (Phi) is 5.18. The Morgan fingerprint density at radius 2 is 1.86 bits per heavy atom. The van der Waals surface area contributed by atoms with E-state index in [-0.39, 0.29) is 5.57 Å². The average Bonchev–Trinajstić information content (AvgIpc) is 2.55. The number of carbonyl (C=O) groups excluding carboxylic acids is 1. The summed E-state index contributed by atoms with van der Waals surface area (Å²) in [4.78, 5) is 12.0. The van der Waals surface area contributed by atoms with Gasteiger partial charge < -0.3 is 9.47 Å². The highest BCUT2D eigenvalue weighted by Crippen LogP contribution is 2.21. The third kappa shape index (κ3) is 3.87. The summed E-state index contributed by atoms with van der Waals surface area (Å²) < 4.78 is 10.3. The molecule has 0 atom stereocenters. The molecule has 22 heavy (non-hydrogen) atoms. The number of nitrogens with zero attached hydrogens (tertiary/aromatic N) is 1. The molecule has 110 valence electrons. The molecule has 0 unspecified atom stereocenters. The molecule has 0 fully saturated rings. The third-order valence-corrected chi connectivity index (χ3v) is 3.06. The maximum Gasteiger partial charge on any atom is 0.354 e. The van der Waals surface area contributed by atoms with Crippen molar-refractivity contribution in [1.82, 2.24) is 0 Å². The zero-order valence-electron chi connectivity index (χ0n) is 11.7. The number of rotatable bonds is 4. The fourth-order valence-corrected chi connectivity index (χ4v) is 1.87. The second kappa shape index (κ2) is 7.30. The van der Waals surface area contributed by atoms with Crippen LogP contribution >= 0.6 is 11.6 Å². The molecule has 0 heterocycles. The van der Waals surface area contributed by atoms with Crippen molar-refractivity contribution in [1.29, 1.82) is 5.26 Å². The molecule has 0 N–H and O–H groups in total. The smallest absolute Gasteiger partial charge is 0.354 e. The first-order valence-electron chi connectivity index (χ1n) is 6.36. The maximum absolute atomic E-state index is 12.0. The van der Waals surface area contributed by atoms with Crippen molar-refractivity contribution >= 4 is 23.6 Å². The van der Waals surface area contributed by atoms with Gasteiger partial charge in [0.2, 0.25) is 0 Å². The van der Waals surface area contributed by atoms with Crippen molar-refractivity contribution in [3.05, 3.63) is 64.7 Å². The molecule has 0 bridgehead atoms. The molecule has 2 rings (SSSR count). The first kappa shape index (κ1) is 15.6. The first-order chi connectivity index (χ1) is 10.6. The summed E-state index contributed by atoms with van der Waals surface area (Å²) >= 11 is 5.76. The molecule has 0 aliphatic carbocycles. The van der Waals surface area contributed by atoms with Crippen LogP contribution in [0, 0.1) is 11.3 Å². The molecule has 4 nitrogen and oxygen atoms in total. The van der Waals surface area contributed by atoms with Crippen molar-refractivity contribution in [3.8, 4) is 17.6 Å². The summed E-state index contributed by atoms with van der Waals surface area (Å²) in [5.74, 6) is 0.140. The molecule has 0 aliphatic rings. The van der Waals surface area contributed by atoms with E-state index in [0.29, 0.717) is 22.1 Å². The Balaban J connectivity index is 2.24. The van der Waals surface area contributed by atoms with E-state index >= 15 is 0 Å². The van der Waals surface area contributed by atoms with Gasteiger partial charge in [-0.05, 0) is 36.4 Å². The molecule has 2 aromatic carbocycles. The van der Waals surface area contributed by atoms with E-state index in [9.17, 15) is 4.79 Å². The molecular weight excluding hydrogens is 302 g/mol. The van der Waals surface area contributed by atoms with Crippen LogP contribution in [0.4, 0.5) is 0 Å². The number of carbonyl (C=O) groups is 1. The monoisotopic (exact) mass is 313 g/mol.